The van der Waals surface area contributed by atoms with Crippen LogP contribution in [-0.4, -0.2) is 17.1 Å². The van der Waals surface area contributed by atoms with Gasteiger partial charge in [-0.3, -0.25) is 0 Å². The molecule has 0 atom stereocenters. The van der Waals surface area contributed by atoms with E-state index in [1.54, 1.807) is 13.3 Å². The number of hydrogen-bond acceptors (Lipinski definition) is 3. The van der Waals surface area contributed by atoms with Gasteiger partial charge >= 0.3 is 6.01 Å². The predicted octanol–water partition coefficient (Wildman–Crippen LogP) is 2.20. The highest BCUT2D eigenvalue weighted by molar-refractivity contribution is 9.10. The molecular formula is C8H11BrN2O. The Labute approximate surface area is 80.3 Å². The van der Waals surface area contributed by atoms with Crippen LogP contribution in [-0.2, 0) is 6.42 Å². The van der Waals surface area contributed by atoms with Crippen molar-refractivity contribution in [1.82, 2.24) is 9.97 Å². The topological polar surface area (TPSA) is 35.0 Å². The zero-order valence-electron chi connectivity index (χ0n) is 7.17. The Morgan fingerprint density at radius 1 is 1.58 bits per heavy atom. The Kier molecular flexibility index (Phi) is 3.47. The van der Waals surface area contributed by atoms with Crippen LogP contribution in [0.25, 0.3) is 0 Å². The van der Waals surface area contributed by atoms with Crippen LogP contribution in [0, 0.1) is 0 Å². The number of rotatable bonds is 3. The monoisotopic (exact) mass is 230 g/mol. The molecule has 0 saturated carbocycles. The van der Waals surface area contributed by atoms with Crippen LogP contribution in [0.4, 0.5) is 0 Å². The first-order chi connectivity index (χ1) is 5.77. The molecule has 0 radical (unpaired) electrons. The van der Waals surface area contributed by atoms with E-state index in [1.807, 2.05) is 0 Å². The maximum atomic E-state index is 4.91. The third-order valence-corrected chi connectivity index (χ3v) is 2.13. The summed E-state index contributed by atoms with van der Waals surface area (Å²) in [7, 11) is 1.57. The summed E-state index contributed by atoms with van der Waals surface area (Å²) >= 11 is 3.38. The summed E-state index contributed by atoms with van der Waals surface area (Å²) in [5.41, 5.74) is 1.00. The lowest BCUT2D eigenvalue weighted by atomic mass is 10.2. The largest absolute Gasteiger partial charge is 0.467 e. The molecule has 0 N–H and O–H groups in total. The highest BCUT2D eigenvalue weighted by Gasteiger charge is 2.03. The molecule has 0 amide bonds. The summed E-state index contributed by atoms with van der Waals surface area (Å²) in [4.78, 5) is 8.16. The van der Waals surface area contributed by atoms with Gasteiger partial charge in [0.25, 0.3) is 0 Å². The number of ether oxygens (including phenoxy) is 1. The van der Waals surface area contributed by atoms with Gasteiger partial charge in [-0.15, -0.1) is 0 Å². The van der Waals surface area contributed by atoms with E-state index in [1.165, 1.54) is 0 Å². The fourth-order valence-corrected chi connectivity index (χ4v) is 1.28. The van der Waals surface area contributed by atoms with Crippen LogP contribution < -0.4 is 4.74 Å². The highest BCUT2D eigenvalue weighted by atomic mass is 79.9. The molecule has 0 spiro atoms. The van der Waals surface area contributed by atoms with Gasteiger partial charge in [-0.1, -0.05) is 13.3 Å². The predicted molar refractivity (Wildman–Crippen MR) is 50.3 cm³/mol. The summed E-state index contributed by atoms with van der Waals surface area (Å²) in [6, 6.07) is 0.432. The van der Waals surface area contributed by atoms with E-state index >= 15 is 0 Å². The average molecular weight is 231 g/mol. The third kappa shape index (κ3) is 2.17. The summed E-state index contributed by atoms with van der Waals surface area (Å²) < 4.78 is 5.86. The minimum atomic E-state index is 0.432. The number of nitrogens with zero attached hydrogens (tertiary/aromatic N) is 2. The first kappa shape index (κ1) is 9.45. The Balaban J connectivity index is 2.91. The number of aromatic nitrogens is 2. The highest BCUT2D eigenvalue weighted by Crippen LogP contribution is 2.16. The molecule has 66 valence electrons. The molecular weight excluding hydrogens is 220 g/mol. The molecule has 0 aliphatic heterocycles. The second-order valence-corrected chi connectivity index (χ2v) is 3.26. The number of hydrogen-bond donors (Lipinski definition) is 0. The van der Waals surface area contributed by atoms with Crippen molar-refractivity contribution in [2.45, 2.75) is 19.8 Å². The molecule has 0 unspecified atom stereocenters. The normalized spacial score (nSPS) is 9.92. The van der Waals surface area contributed by atoms with E-state index in [9.17, 15) is 0 Å². The van der Waals surface area contributed by atoms with Gasteiger partial charge in [-0.25, -0.2) is 4.98 Å². The Bertz CT molecular complexity index is 265. The van der Waals surface area contributed by atoms with Crippen LogP contribution in [0.15, 0.2) is 10.7 Å². The van der Waals surface area contributed by atoms with Crippen molar-refractivity contribution in [2.24, 2.45) is 0 Å². The molecule has 0 aliphatic rings. The van der Waals surface area contributed by atoms with E-state index < -0.39 is 0 Å². The van der Waals surface area contributed by atoms with Crippen molar-refractivity contribution in [3.63, 3.8) is 0 Å². The van der Waals surface area contributed by atoms with Crippen molar-refractivity contribution >= 4 is 15.9 Å². The zero-order valence-corrected chi connectivity index (χ0v) is 8.76. The molecule has 1 aromatic rings. The van der Waals surface area contributed by atoms with Gasteiger partial charge < -0.3 is 4.74 Å². The van der Waals surface area contributed by atoms with E-state index in [0.29, 0.717) is 6.01 Å². The van der Waals surface area contributed by atoms with Gasteiger partial charge in [-0.2, -0.15) is 4.98 Å². The first-order valence-corrected chi connectivity index (χ1v) is 4.62. The van der Waals surface area contributed by atoms with E-state index in [2.05, 4.69) is 32.8 Å². The smallest absolute Gasteiger partial charge is 0.316 e. The minimum absolute atomic E-state index is 0.432. The summed E-state index contributed by atoms with van der Waals surface area (Å²) in [6.07, 6.45) is 3.73. The maximum absolute atomic E-state index is 4.91. The molecule has 1 rings (SSSR count). The fourth-order valence-electron chi connectivity index (χ4n) is 0.895. The van der Waals surface area contributed by atoms with Gasteiger partial charge in [0, 0.05) is 6.20 Å². The van der Waals surface area contributed by atoms with Crippen LogP contribution in [0.1, 0.15) is 19.0 Å². The van der Waals surface area contributed by atoms with Crippen LogP contribution in [0.3, 0.4) is 0 Å². The molecule has 1 aromatic heterocycles. The van der Waals surface area contributed by atoms with Crippen LogP contribution in [0.2, 0.25) is 0 Å². The first-order valence-electron chi connectivity index (χ1n) is 3.83. The number of aryl methyl sites for hydroxylation is 1. The van der Waals surface area contributed by atoms with Crippen LogP contribution >= 0.6 is 15.9 Å². The summed E-state index contributed by atoms with van der Waals surface area (Å²) in [6.45, 7) is 2.11. The van der Waals surface area contributed by atoms with Gasteiger partial charge in [0.15, 0.2) is 0 Å². The molecule has 3 nitrogen and oxygen atoms in total. The van der Waals surface area contributed by atoms with Gasteiger partial charge in [0.05, 0.1) is 17.3 Å². The van der Waals surface area contributed by atoms with Gasteiger partial charge in [0.2, 0.25) is 0 Å². The molecule has 0 saturated heterocycles. The molecule has 0 aliphatic carbocycles. The lowest BCUT2D eigenvalue weighted by molar-refractivity contribution is 0.377. The van der Waals surface area contributed by atoms with Gasteiger partial charge in [0.1, 0.15) is 0 Å². The van der Waals surface area contributed by atoms with Crippen molar-refractivity contribution < 1.29 is 4.74 Å². The minimum Gasteiger partial charge on any atom is -0.467 e. The lowest BCUT2D eigenvalue weighted by Gasteiger charge is -2.02. The molecule has 0 bridgehead atoms. The standard InChI is InChI=1S/C8H11BrN2O/c1-3-4-7-6(9)5-10-8(11-7)12-2/h5H,3-4H2,1-2H3. The Hall–Kier alpha value is -0.640. The lowest BCUT2D eigenvalue weighted by Crippen LogP contribution is -1.97. The molecule has 1 heterocycles. The fraction of sp³-hybridized carbons (Fsp3) is 0.500. The van der Waals surface area contributed by atoms with E-state index in [-0.39, 0.29) is 0 Å². The zero-order chi connectivity index (χ0) is 8.97. The van der Waals surface area contributed by atoms with Crippen LogP contribution in [0.5, 0.6) is 6.01 Å². The average Bonchev–Trinajstić information content (AvgIpc) is 2.09. The van der Waals surface area contributed by atoms with Crippen molar-refractivity contribution in [3.05, 3.63) is 16.4 Å². The molecule has 0 aromatic carbocycles. The molecule has 12 heavy (non-hydrogen) atoms. The van der Waals surface area contributed by atoms with Crippen molar-refractivity contribution in [2.75, 3.05) is 7.11 Å². The Morgan fingerprint density at radius 3 is 2.92 bits per heavy atom. The Morgan fingerprint density at radius 2 is 2.33 bits per heavy atom. The maximum Gasteiger partial charge on any atom is 0.316 e. The molecule has 0 fully saturated rings. The van der Waals surface area contributed by atoms with Crippen molar-refractivity contribution in [3.8, 4) is 6.01 Å². The quantitative estimate of drug-likeness (QED) is 0.799. The second kappa shape index (κ2) is 4.40. The third-order valence-electron chi connectivity index (χ3n) is 1.46. The second-order valence-electron chi connectivity index (χ2n) is 2.40. The summed E-state index contributed by atoms with van der Waals surface area (Å²) in [5, 5.41) is 0. The molecule has 4 heteroatoms. The van der Waals surface area contributed by atoms with E-state index in [4.69, 9.17) is 4.74 Å². The van der Waals surface area contributed by atoms with Crippen molar-refractivity contribution in [1.29, 1.82) is 0 Å². The SMILES string of the molecule is CCCc1nc(OC)ncc1Br. The number of methoxy groups -OCH3 is 1. The summed E-state index contributed by atoms with van der Waals surface area (Å²) in [5.74, 6) is 0. The number of halogens is 1. The van der Waals surface area contributed by atoms with E-state index in [0.717, 1.165) is 23.0 Å². The van der Waals surface area contributed by atoms with Gasteiger partial charge in [-0.05, 0) is 22.4 Å².